The lowest BCUT2D eigenvalue weighted by Gasteiger charge is -2.10. The molecule has 0 unspecified atom stereocenters. The van der Waals surface area contributed by atoms with E-state index in [9.17, 15) is 5.02 Å². The summed E-state index contributed by atoms with van der Waals surface area (Å²) in [7, 11) is 0.737. The maximum atomic E-state index is 9.23. The number of ether oxygens (including phenoxy) is 1. The minimum atomic E-state index is -0.906. The van der Waals surface area contributed by atoms with Crippen molar-refractivity contribution in [2.45, 2.75) is 6.92 Å². The summed E-state index contributed by atoms with van der Waals surface area (Å²) in [6.45, 7) is 1.92. The quantitative estimate of drug-likeness (QED) is 0.789. The fraction of sp³-hybridized carbons (Fsp3) is 0.143. The Kier molecular flexibility index (Phi) is 4.73. The zero-order valence-electron chi connectivity index (χ0n) is 11.4. The number of methoxy groups -OCH3 is 1. The Balaban J connectivity index is 0.000000151. The third-order valence-corrected chi connectivity index (χ3v) is 2.79. The van der Waals surface area contributed by atoms with Crippen molar-refractivity contribution in [2.75, 3.05) is 7.11 Å². The van der Waals surface area contributed by atoms with Gasteiger partial charge in [0.25, 0.3) is 0 Å². The summed E-state index contributed by atoms with van der Waals surface area (Å²) < 4.78 is 9.61. The van der Waals surface area contributed by atoms with Crippen LogP contribution in [0.5, 0.6) is 5.75 Å². The minimum Gasteiger partial charge on any atom is -0.495 e. The molecule has 0 radical (unpaired) electrons. The lowest BCUT2D eigenvalue weighted by Crippen LogP contribution is -2.37. The fourth-order valence-corrected chi connectivity index (χ4v) is 1.74. The van der Waals surface area contributed by atoms with Gasteiger partial charge >= 0.3 is 7.12 Å². The van der Waals surface area contributed by atoms with Gasteiger partial charge in [-0.25, -0.2) is 0 Å². The highest BCUT2D eigenvalue weighted by molar-refractivity contribution is 6.61. The van der Waals surface area contributed by atoms with Gasteiger partial charge in [-0.2, -0.15) is 0 Å². The zero-order valence-corrected chi connectivity index (χ0v) is 11.4. The average molecular weight is 270 g/mol. The Morgan fingerprint density at radius 2 is 2.00 bits per heavy atom. The number of pyridine rings is 1. The van der Waals surface area contributed by atoms with E-state index in [1.54, 1.807) is 19.5 Å². The number of benzene rings is 1. The van der Waals surface area contributed by atoms with Crippen molar-refractivity contribution in [2.24, 2.45) is 5.16 Å². The van der Waals surface area contributed by atoms with Crippen LogP contribution >= 0.6 is 0 Å². The van der Waals surface area contributed by atoms with Crippen molar-refractivity contribution < 1.29 is 14.5 Å². The van der Waals surface area contributed by atoms with E-state index in [1.165, 1.54) is 0 Å². The van der Waals surface area contributed by atoms with Crippen LogP contribution in [0.3, 0.4) is 0 Å². The summed E-state index contributed by atoms with van der Waals surface area (Å²) in [4.78, 5) is 4.02. The number of oxime groups is 1. The first-order valence-corrected chi connectivity index (χ1v) is 6.14. The maximum Gasteiger partial charge on any atom is 0.583 e. The Labute approximate surface area is 118 Å². The number of fused-ring (bicyclic) bond motifs is 1. The van der Waals surface area contributed by atoms with E-state index in [0.717, 1.165) is 22.5 Å². The largest absolute Gasteiger partial charge is 0.583 e. The van der Waals surface area contributed by atoms with Crippen LogP contribution in [0.25, 0.3) is 0 Å². The Hall–Kier alpha value is -2.34. The van der Waals surface area contributed by atoms with Gasteiger partial charge in [-0.15, -0.1) is 5.16 Å². The standard InChI is InChI=1S/C7H6BNO2.C7H9NO/c10-8-7-4-2-1-3-6(7)5-9-11-8;1-6-7(9-2)4-3-5-8-6/h1-5,10H;3-5H,1-2H3. The van der Waals surface area contributed by atoms with Crippen LogP contribution in [0.2, 0.25) is 0 Å². The summed E-state index contributed by atoms with van der Waals surface area (Å²) >= 11 is 0. The van der Waals surface area contributed by atoms with E-state index in [1.807, 2.05) is 43.3 Å². The van der Waals surface area contributed by atoms with Crippen LogP contribution in [0.4, 0.5) is 0 Å². The summed E-state index contributed by atoms with van der Waals surface area (Å²) in [6, 6.07) is 11.2. The second-order valence-corrected chi connectivity index (χ2v) is 4.11. The van der Waals surface area contributed by atoms with Crippen molar-refractivity contribution in [3.63, 3.8) is 0 Å². The molecule has 3 rings (SSSR count). The molecule has 0 atom stereocenters. The predicted molar refractivity (Wildman–Crippen MR) is 78.3 cm³/mol. The van der Waals surface area contributed by atoms with Gasteiger partial charge in [0.05, 0.1) is 19.0 Å². The third-order valence-electron chi connectivity index (χ3n) is 2.79. The molecule has 1 aromatic heterocycles. The summed E-state index contributed by atoms with van der Waals surface area (Å²) in [5.41, 5.74) is 2.61. The van der Waals surface area contributed by atoms with Gasteiger partial charge in [0.1, 0.15) is 5.75 Å². The van der Waals surface area contributed by atoms with Crippen LogP contribution in [-0.4, -0.2) is 30.5 Å². The second-order valence-electron chi connectivity index (χ2n) is 4.11. The van der Waals surface area contributed by atoms with E-state index >= 15 is 0 Å². The number of hydrogen-bond donors (Lipinski definition) is 1. The molecule has 0 aliphatic carbocycles. The maximum absolute atomic E-state index is 9.23. The fourth-order valence-electron chi connectivity index (χ4n) is 1.74. The van der Waals surface area contributed by atoms with Crippen molar-refractivity contribution in [3.8, 4) is 5.75 Å². The van der Waals surface area contributed by atoms with Crippen LogP contribution < -0.4 is 10.2 Å². The molecule has 0 fully saturated rings. The van der Waals surface area contributed by atoms with Gasteiger partial charge in [0.15, 0.2) is 0 Å². The van der Waals surface area contributed by atoms with Gasteiger partial charge in [0, 0.05) is 11.7 Å². The molecule has 5 nitrogen and oxygen atoms in total. The Bertz CT molecular complexity index is 604. The van der Waals surface area contributed by atoms with Crippen LogP contribution in [0.1, 0.15) is 11.3 Å². The van der Waals surface area contributed by atoms with Crippen molar-refractivity contribution in [3.05, 3.63) is 53.9 Å². The van der Waals surface area contributed by atoms with E-state index in [0.29, 0.717) is 0 Å². The first-order valence-electron chi connectivity index (χ1n) is 6.14. The highest BCUT2D eigenvalue weighted by Gasteiger charge is 2.23. The number of hydrogen-bond acceptors (Lipinski definition) is 5. The molecule has 6 heteroatoms. The van der Waals surface area contributed by atoms with Gasteiger partial charge in [-0.05, 0) is 24.6 Å². The van der Waals surface area contributed by atoms with Crippen molar-refractivity contribution in [1.29, 1.82) is 0 Å². The Morgan fingerprint density at radius 1 is 1.20 bits per heavy atom. The van der Waals surface area contributed by atoms with Gasteiger partial charge in [-0.3, -0.25) is 4.98 Å². The Morgan fingerprint density at radius 3 is 2.65 bits per heavy atom. The molecule has 102 valence electrons. The molecule has 1 aliphatic rings. The number of aryl methyl sites for hydroxylation is 1. The molecule has 1 N–H and O–H groups in total. The normalized spacial score (nSPS) is 11.8. The van der Waals surface area contributed by atoms with Crippen LogP contribution in [-0.2, 0) is 4.76 Å². The molecule has 0 spiro atoms. The topological polar surface area (TPSA) is 63.9 Å². The second kappa shape index (κ2) is 6.72. The van der Waals surface area contributed by atoms with E-state index < -0.39 is 7.12 Å². The smallest absolute Gasteiger partial charge is 0.495 e. The average Bonchev–Trinajstić information content (AvgIpc) is 2.49. The van der Waals surface area contributed by atoms with Crippen molar-refractivity contribution >= 4 is 18.8 Å². The highest BCUT2D eigenvalue weighted by atomic mass is 16.6. The molecule has 1 aromatic carbocycles. The third kappa shape index (κ3) is 3.36. The summed E-state index contributed by atoms with van der Waals surface area (Å²) in [6.07, 6.45) is 3.33. The molecule has 0 amide bonds. The van der Waals surface area contributed by atoms with E-state index in [4.69, 9.17) is 4.74 Å². The molecule has 0 saturated carbocycles. The summed E-state index contributed by atoms with van der Waals surface area (Å²) in [5, 5.41) is 12.7. The monoisotopic (exact) mass is 270 g/mol. The van der Waals surface area contributed by atoms with Gasteiger partial charge < -0.3 is 14.5 Å². The summed E-state index contributed by atoms with van der Waals surface area (Å²) in [5.74, 6) is 0.845. The van der Waals surface area contributed by atoms with Crippen LogP contribution in [0, 0.1) is 6.92 Å². The van der Waals surface area contributed by atoms with Crippen molar-refractivity contribution in [1.82, 2.24) is 4.98 Å². The van der Waals surface area contributed by atoms with Gasteiger partial charge in [0.2, 0.25) is 0 Å². The number of rotatable bonds is 1. The van der Waals surface area contributed by atoms with E-state index in [-0.39, 0.29) is 0 Å². The lowest BCUT2D eigenvalue weighted by molar-refractivity contribution is 0.286. The number of nitrogens with zero attached hydrogens (tertiary/aromatic N) is 2. The molecule has 2 aromatic rings. The SMILES string of the molecule is COc1cccnc1C.OB1ON=Cc2ccccc21. The predicted octanol–water partition coefficient (Wildman–Crippen LogP) is 1.14. The molecular weight excluding hydrogens is 255 g/mol. The molecule has 0 bridgehead atoms. The molecule has 2 heterocycles. The van der Waals surface area contributed by atoms with E-state index in [2.05, 4.69) is 14.9 Å². The van der Waals surface area contributed by atoms with Gasteiger partial charge in [-0.1, -0.05) is 24.3 Å². The first kappa shape index (κ1) is 14.1. The molecule has 1 aliphatic heterocycles. The van der Waals surface area contributed by atoms with Crippen LogP contribution in [0.15, 0.2) is 47.8 Å². The number of aromatic nitrogens is 1. The molecule has 0 saturated heterocycles. The first-order chi connectivity index (χ1) is 9.72. The lowest BCUT2D eigenvalue weighted by atomic mass is 9.76. The zero-order chi connectivity index (χ0) is 14.4. The molecule has 20 heavy (non-hydrogen) atoms. The highest BCUT2D eigenvalue weighted by Crippen LogP contribution is 2.11. The minimum absolute atomic E-state index is 0.766. The molecular formula is C14H15BN2O3.